The highest BCUT2D eigenvalue weighted by molar-refractivity contribution is 5.50. The number of hydrogen-bond donors (Lipinski definition) is 0. The average Bonchev–Trinajstić information content (AvgIpc) is 2.47. The molecule has 0 N–H and O–H groups in total. The SMILES string of the molecule is Cc1ccc(C#Cc2ccc(CN(C)C)cc2)cc1[N+](=O)[O-]. The van der Waals surface area contributed by atoms with Gasteiger partial charge in [-0.25, -0.2) is 0 Å². The van der Waals surface area contributed by atoms with Crippen molar-refractivity contribution in [1.82, 2.24) is 4.90 Å². The molecule has 4 nitrogen and oxygen atoms in total. The van der Waals surface area contributed by atoms with Crippen LogP contribution >= 0.6 is 0 Å². The molecule has 0 atom stereocenters. The van der Waals surface area contributed by atoms with Crippen LogP contribution < -0.4 is 0 Å². The average molecular weight is 294 g/mol. The fourth-order valence-electron chi connectivity index (χ4n) is 2.09. The van der Waals surface area contributed by atoms with E-state index in [4.69, 9.17) is 0 Å². The van der Waals surface area contributed by atoms with Crippen molar-refractivity contribution in [3.8, 4) is 11.8 Å². The lowest BCUT2D eigenvalue weighted by Gasteiger charge is -2.08. The molecule has 2 aromatic carbocycles. The third-order valence-corrected chi connectivity index (χ3v) is 3.21. The molecule has 0 fully saturated rings. The molecule has 2 aromatic rings. The van der Waals surface area contributed by atoms with Gasteiger partial charge >= 0.3 is 0 Å². The van der Waals surface area contributed by atoms with Crippen LogP contribution in [0, 0.1) is 28.9 Å². The van der Waals surface area contributed by atoms with Gasteiger partial charge in [0, 0.05) is 29.3 Å². The Kier molecular flexibility index (Phi) is 4.92. The molecule has 0 radical (unpaired) electrons. The highest BCUT2D eigenvalue weighted by Crippen LogP contribution is 2.18. The lowest BCUT2D eigenvalue weighted by atomic mass is 10.1. The molecule has 0 aliphatic heterocycles. The molecule has 0 amide bonds. The van der Waals surface area contributed by atoms with Crippen molar-refractivity contribution < 1.29 is 4.92 Å². The second kappa shape index (κ2) is 6.88. The third kappa shape index (κ3) is 4.18. The van der Waals surface area contributed by atoms with Crippen LogP contribution in [0.25, 0.3) is 0 Å². The summed E-state index contributed by atoms with van der Waals surface area (Å²) in [6, 6.07) is 13.1. The van der Waals surface area contributed by atoms with E-state index in [2.05, 4.69) is 16.7 Å². The van der Waals surface area contributed by atoms with E-state index >= 15 is 0 Å². The van der Waals surface area contributed by atoms with Crippen molar-refractivity contribution in [3.05, 3.63) is 74.8 Å². The van der Waals surface area contributed by atoms with Gasteiger partial charge in [0.05, 0.1) is 4.92 Å². The van der Waals surface area contributed by atoms with Gasteiger partial charge in [-0.3, -0.25) is 10.1 Å². The maximum atomic E-state index is 10.9. The van der Waals surface area contributed by atoms with Crippen molar-refractivity contribution in [2.24, 2.45) is 0 Å². The van der Waals surface area contributed by atoms with Gasteiger partial charge in [0.15, 0.2) is 0 Å². The standard InChI is InChI=1S/C18H18N2O2/c1-14-4-5-16(12-18(14)20(21)22)9-6-15-7-10-17(11-8-15)13-19(2)3/h4-5,7-8,10-12H,13H2,1-3H3. The molecule has 0 saturated carbocycles. The van der Waals surface area contributed by atoms with Gasteiger partial charge in [0.1, 0.15) is 0 Å². The van der Waals surface area contributed by atoms with Crippen molar-refractivity contribution in [2.45, 2.75) is 13.5 Å². The summed E-state index contributed by atoms with van der Waals surface area (Å²) >= 11 is 0. The van der Waals surface area contributed by atoms with Gasteiger partial charge in [-0.05, 0) is 44.8 Å². The minimum absolute atomic E-state index is 0.105. The number of nitro groups is 1. The van der Waals surface area contributed by atoms with E-state index in [9.17, 15) is 10.1 Å². The number of nitro benzene ring substituents is 1. The largest absolute Gasteiger partial charge is 0.305 e. The predicted molar refractivity (Wildman–Crippen MR) is 87.6 cm³/mol. The van der Waals surface area contributed by atoms with Gasteiger partial charge in [0.25, 0.3) is 5.69 Å². The van der Waals surface area contributed by atoms with E-state index in [1.54, 1.807) is 19.1 Å². The van der Waals surface area contributed by atoms with Crippen molar-refractivity contribution in [2.75, 3.05) is 14.1 Å². The summed E-state index contributed by atoms with van der Waals surface area (Å²) in [5.41, 5.74) is 3.51. The van der Waals surface area contributed by atoms with E-state index in [-0.39, 0.29) is 10.6 Å². The fourth-order valence-corrected chi connectivity index (χ4v) is 2.09. The molecule has 112 valence electrons. The van der Waals surface area contributed by atoms with E-state index in [0.717, 1.165) is 12.1 Å². The fraction of sp³-hybridized carbons (Fsp3) is 0.222. The van der Waals surface area contributed by atoms with E-state index in [0.29, 0.717) is 11.1 Å². The lowest BCUT2D eigenvalue weighted by Crippen LogP contribution is -2.10. The molecule has 0 unspecified atom stereocenters. The predicted octanol–water partition coefficient (Wildman–Crippen LogP) is 3.36. The number of hydrogen-bond acceptors (Lipinski definition) is 3. The van der Waals surface area contributed by atoms with E-state index in [1.807, 2.05) is 38.4 Å². The Morgan fingerprint density at radius 1 is 1.05 bits per heavy atom. The van der Waals surface area contributed by atoms with E-state index in [1.165, 1.54) is 11.6 Å². The van der Waals surface area contributed by atoms with Gasteiger partial charge in [-0.15, -0.1) is 0 Å². The first kappa shape index (κ1) is 15.7. The zero-order valence-corrected chi connectivity index (χ0v) is 13.0. The Labute approximate surface area is 130 Å². The van der Waals surface area contributed by atoms with Gasteiger partial charge in [0.2, 0.25) is 0 Å². The van der Waals surface area contributed by atoms with Crippen LogP contribution in [0.4, 0.5) is 5.69 Å². The molecule has 4 heteroatoms. The second-order valence-corrected chi connectivity index (χ2v) is 5.44. The molecule has 0 saturated heterocycles. The summed E-state index contributed by atoms with van der Waals surface area (Å²) in [5, 5.41) is 10.9. The summed E-state index contributed by atoms with van der Waals surface area (Å²) in [7, 11) is 4.05. The smallest absolute Gasteiger partial charge is 0.273 e. The Hall–Kier alpha value is -2.64. The molecule has 22 heavy (non-hydrogen) atoms. The first-order valence-corrected chi connectivity index (χ1v) is 6.96. The van der Waals surface area contributed by atoms with Crippen LogP contribution in [-0.2, 0) is 6.54 Å². The Morgan fingerprint density at radius 3 is 2.23 bits per heavy atom. The molecule has 0 spiro atoms. The summed E-state index contributed by atoms with van der Waals surface area (Å²) in [5.74, 6) is 6.02. The van der Waals surface area contributed by atoms with Crippen LogP contribution in [-0.4, -0.2) is 23.9 Å². The third-order valence-electron chi connectivity index (χ3n) is 3.21. The van der Waals surface area contributed by atoms with Gasteiger partial charge in [-0.1, -0.05) is 30.0 Å². The maximum absolute atomic E-state index is 10.9. The summed E-state index contributed by atoms with van der Waals surface area (Å²) in [4.78, 5) is 12.7. The van der Waals surface area contributed by atoms with Crippen molar-refractivity contribution in [3.63, 3.8) is 0 Å². The van der Waals surface area contributed by atoms with Crippen molar-refractivity contribution >= 4 is 5.69 Å². The van der Waals surface area contributed by atoms with Crippen molar-refractivity contribution in [1.29, 1.82) is 0 Å². The van der Waals surface area contributed by atoms with Gasteiger partial charge < -0.3 is 4.90 Å². The molecule has 0 aliphatic carbocycles. The van der Waals surface area contributed by atoms with Crippen LogP contribution in [0.15, 0.2) is 42.5 Å². The number of aryl methyl sites for hydroxylation is 1. The number of rotatable bonds is 3. The molecule has 0 aromatic heterocycles. The Morgan fingerprint density at radius 2 is 1.64 bits per heavy atom. The molecular weight excluding hydrogens is 276 g/mol. The minimum atomic E-state index is -0.378. The van der Waals surface area contributed by atoms with Crippen LogP contribution in [0.2, 0.25) is 0 Å². The zero-order valence-electron chi connectivity index (χ0n) is 13.0. The quantitative estimate of drug-likeness (QED) is 0.495. The Bertz CT molecular complexity index is 738. The van der Waals surface area contributed by atoms with Crippen LogP contribution in [0.3, 0.4) is 0 Å². The molecule has 0 aliphatic rings. The molecule has 0 bridgehead atoms. The van der Waals surface area contributed by atoms with E-state index < -0.39 is 0 Å². The first-order valence-electron chi connectivity index (χ1n) is 6.96. The molecular formula is C18H18N2O2. The molecule has 0 heterocycles. The first-order chi connectivity index (χ1) is 10.5. The second-order valence-electron chi connectivity index (χ2n) is 5.44. The highest BCUT2D eigenvalue weighted by Gasteiger charge is 2.09. The topological polar surface area (TPSA) is 46.4 Å². The highest BCUT2D eigenvalue weighted by atomic mass is 16.6. The zero-order chi connectivity index (χ0) is 16.1. The Balaban J connectivity index is 2.20. The lowest BCUT2D eigenvalue weighted by molar-refractivity contribution is -0.385. The summed E-state index contributed by atoms with van der Waals surface area (Å²) in [6.07, 6.45) is 0. The normalized spacial score (nSPS) is 10.2. The summed E-state index contributed by atoms with van der Waals surface area (Å²) < 4.78 is 0. The minimum Gasteiger partial charge on any atom is -0.305 e. The number of benzene rings is 2. The van der Waals surface area contributed by atoms with Crippen LogP contribution in [0.5, 0.6) is 0 Å². The monoisotopic (exact) mass is 294 g/mol. The van der Waals surface area contributed by atoms with Gasteiger partial charge in [-0.2, -0.15) is 0 Å². The van der Waals surface area contributed by atoms with Crippen LogP contribution in [0.1, 0.15) is 22.3 Å². The molecule has 2 rings (SSSR count). The maximum Gasteiger partial charge on any atom is 0.273 e. The summed E-state index contributed by atoms with van der Waals surface area (Å²) in [6.45, 7) is 2.61. The number of nitrogens with zero attached hydrogens (tertiary/aromatic N) is 2.